The van der Waals surface area contributed by atoms with Gasteiger partial charge in [-0.2, -0.15) is 5.10 Å². The number of aromatic nitrogens is 4. The molecule has 43 heavy (non-hydrogen) atoms. The molecule has 2 amide bonds. The first-order valence-electron chi connectivity index (χ1n) is 14.5. The van der Waals surface area contributed by atoms with Gasteiger partial charge < -0.3 is 20.1 Å². The van der Waals surface area contributed by atoms with Crippen LogP contribution in [0.15, 0.2) is 65.6 Å². The van der Waals surface area contributed by atoms with E-state index in [1.54, 1.807) is 43.6 Å². The fourth-order valence-electron chi connectivity index (χ4n) is 5.02. The maximum Gasteiger partial charge on any atom is 0.293 e. The van der Waals surface area contributed by atoms with Gasteiger partial charge >= 0.3 is 0 Å². The number of carbonyl (C=O) groups excluding carboxylic acids is 2. The molecule has 0 aliphatic carbocycles. The maximum atomic E-state index is 13.0. The van der Waals surface area contributed by atoms with Crippen molar-refractivity contribution in [2.45, 2.75) is 52.4 Å². The zero-order valence-electron chi connectivity index (χ0n) is 25.3. The second kappa shape index (κ2) is 12.2. The minimum Gasteiger partial charge on any atom is -0.339 e. The molecule has 2 aromatic carbocycles. The summed E-state index contributed by atoms with van der Waals surface area (Å²) >= 11 is 0. The average Bonchev–Trinajstić information content (AvgIpc) is 3.00. The van der Waals surface area contributed by atoms with Gasteiger partial charge in [-0.15, -0.1) is 5.10 Å². The zero-order valence-corrected chi connectivity index (χ0v) is 25.3. The molecule has 0 bridgehead atoms. The average molecular weight is 580 g/mol. The molecule has 222 valence electrons. The van der Waals surface area contributed by atoms with Gasteiger partial charge in [-0.25, -0.2) is 4.98 Å². The van der Waals surface area contributed by atoms with Crippen molar-refractivity contribution in [2.24, 2.45) is 7.05 Å². The van der Waals surface area contributed by atoms with Crippen molar-refractivity contribution in [3.05, 3.63) is 93.7 Å². The first kappa shape index (κ1) is 29.6. The Hall–Kier alpha value is -4.86. The molecule has 1 fully saturated rings. The fourth-order valence-corrected chi connectivity index (χ4v) is 5.02. The van der Waals surface area contributed by atoms with Gasteiger partial charge in [0.25, 0.3) is 17.4 Å². The molecule has 0 saturated carbocycles. The Kier molecular flexibility index (Phi) is 8.38. The van der Waals surface area contributed by atoms with Crippen LogP contribution >= 0.6 is 0 Å². The van der Waals surface area contributed by atoms with Crippen LogP contribution in [0.1, 0.15) is 72.1 Å². The Bertz CT molecular complexity index is 1700. The number of nitrogens with zero attached hydrogens (tertiary/aromatic N) is 5. The van der Waals surface area contributed by atoms with E-state index in [4.69, 9.17) is 0 Å². The maximum absolute atomic E-state index is 13.0. The molecular weight excluding hydrogens is 542 g/mol. The SMILES string of the molecule is Cc1c(NC(=O)c2ccc(C(C)(C)C)nn2)cccc1-c1cn(C)c(=O)c(Nc2ccc(C(=O)N3CCCCC3)cc2)n1. The number of nitrogens with one attached hydrogen (secondary N) is 2. The molecule has 3 heterocycles. The molecule has 0 spiro atoms. The standard InChI is InChI=1S/C33H37N7O3/c1-21-24(10-9-11-25(21)36-30(41)26-16-17-28(38-37-26)33(2,3)4)27-20-39(5)32(43)29(35-27)34-23-14-12-22(13-15-23)31(42)40-18-7-6-8-19-40/h9-17,20H,6-8,18-19H2,1-5H3,(H,34,35)(H,36,41). The number of hydrogen-bond acceptors (Lipinski definition) is 7. The van der Waals surface area contributed by atoms with Crippen molar-refractivity contribution in [1.29, 1.82) is 0 Å². The molecule has 4 aromatic rings. The summed E-state index contributed by atoms with van der Waals surface area (Å²) in [5.74, 6) is -0.192. The van der Waals surface area contributed by atoms with Gasteiger partial charge in [-0.05, 0) is 74.2 Å². The van der Waals surface area contributed by atoms with Crippen LogP contribution in [0.25, 0.3) is 11.3 Å². The Morgan fingerprint density at radius 2 is 1.63 bits per heavy atom. The van der Waals surface area contributed by atoms with Crippen molar-refractivity contribution < 1.29 is 9.59 Å². The van der Waals surface area contributed by atoms with Crippen LogP contribution in [0.3, 0.4) is 0 Å². The van der Waals surface area contributed by atoms with Crippen molar-refractivity contribution >= 4 is 29.0 Å². The molecule has 1 aliphatic rings. The third-order valence-corrected chi connectivity index (χ3v) is 7.63. The van der Waals surface area contributed by atoms with Gasteiger partial charge in [0.05, 0.1) is 11.4 Å². The van der Waals surface area contributed by atoms with Gasteiger partial charge in [0, 0.05) is 54.3 Å². The van der Waals surface area contributed by atoms with Crippen molar-refractivity contribution in [2.75, 3.05) is 23.7 Å². The van der Waals surface area contributed by atoms with E-state index in [0.29, 0.717) is 22.6 Å². The highest BCUT2D eigenvalue weighted by molar-refractivity contribution is 6.03. The molecular formula is C33H37N7O3. The van der Waals surface area contributed by atoms with E-state index in [9.17, 15) is 14.4 Å². The number of hydrogen-bond donors (Lipinski definition) is 2. The summed E-state index contributed by atoms with van der Waals surface area (Å²) < 4.78 is 1.47. The summed E-state index contributed by atoms with van der Waals surface area (Å²) in [6.07, 6.45) is 4.89. The monoisotopic (exact) mass is 579 g/mol. The number of carbonyl (C=O) groups is 2. The number of aryl methyl sites for hydroxylation is 1. The highest BCUT2D eigenvalue weighted by Crippen LogP contribution is 2.28. The summed E-state index contributed by atoms with van der Waals surface area (Å²) in [5, 5.41) is 14.4. The second-order valence-corrected chi connectivity index (χ2v) is 11.9. The highest BCUT2D eigenvalue weighted by Gasteiger charge is 2.20. The van der Waals surface area contributed by atoms with Crippen LogP contribution in [0.2, 0.25) is 0 Å². The molecule has 10 nitrogen and oxygen atoms in total. The van der Waals surface area contributed by atoms with Gasteiger partial charge in [0.2, 0.25) is 0 Å². The minimum absolute atomic E-state index is 0.0266. The van der Waals surface area contributed by atoms with Gasteiger partial charge in [-0.1, -0.05) is 32.9 Å². The molecule has 0 radical (unpaired) electrons. The summed E-state index contributed by atoms with van der Waals surface area (Å²) in [6, 6.07) is 16.1. The number of piperidine rings is 1. The number of rotatable bonds is 6. The van der Waals surface area contributed by atoms with E-state index in [-0.39, 0.29) is 34.3 Å². The third-order valence-electron chi connectivity index (χ3n) is 7.63. The molecule has 1 saturated heterocycles. The Balaban J connectivity index is 1.35. The van der Waals surface area contributed by atoms with E-state index in [2.05, 4.69) is 25.8 Å². The molecule has 5 rings (SSSR count). The quantitative estimate of drug-likeness (QED) is 0.311. The first-order chi connectivity index (χ1) is 20.5. The van der Waals surface area contributed by atoms with Crippen LogP contribution < -0.4 is 16.2 Å². The molecule has 2 aromatic heterocycles. The number of likely N-dealkylation sites (tertiary alicyclic amines) is 1. The van der Waals surface area contributed by atoms with Crippen molar-refractivity contribution in [3.63, 3.8) is 0 Å². The van der Waals surface area contributed by atoms with Gasteiger partial charge in [0.1, 0.15) is 0 Å². The van der Waals surface area contributed by atoms with E-state index >= 15 is 0 Å². The molecule has 0 unspecified atom stereocenters. The number of amides is 2. The summed E-state index contributed by atoms with van der Waals surface area (Å²) in [5.41, 5.74) is 4.52. The lowest BCUT2D eigenvalue weighted by Gasteiger charge is -2.26. The number of benzene rings is 2. The van der Waals surface area contributed by atoms with E-state index in [1.807, 2.05) is 56.9 Å². The van der Waals surface area contributed by atoms with Crippen molar-refractivity contribution in [3.8, 4) is 11.3 Å². The van der Waals surface area contributed by atoms with Crippen LogP contribution in [-0.2, 0) is 12.5 Å². The lowest BCUT2D eigenvalue weighted by molar-refractivity contribution is 0.0724. The van der Waals surface area contributed by atoms with Crippen LogP contribution in [0.4, 0.5) is 17.2 Å². The predicted octanol–water partition coefficient (Wildman–Crippen LogP) is 5.47. The van der Waals surface area contributed by atoms with Crippen molar-refractivity contribution in [1.82, 2.24) is 24.6 Å². The number of anilines is 3. The third kappa shape index (κ3) is 6.63. The minimum atomic E-state index is -0.369. The Morgan fingerprint density at radius 3 is 2.28 bits per heavy atom. The molecule has 10 heteroatoms. The van der Waals surface area contributed by atoms with Crippen LogP contribution in [0, 0.1) is 6.92 Å². The first-order valence-corrected chi connectivity index (χ1v) is 14.5. The van der Waals surface area contributed by atoms with E-state index < -0.39 is 0 Å². The lowest BCUT2D eigenvalue weighted by atomic mass is 9.92. The van der Waals surface area contributed by atoms with Gasteiger partial charge in [0.15, 0.2) is 11.5 Å². The van der Waals surface area contributed by atoms with E-state index in [0.717, 1.165) is 49.2 Å². The second-order valence-electron chi connectivity index (χ2n) is 11.9. The molecule has 0 atom stereocenters. The smallest absolute Gasteiger partial charge is 0.293 e. The largest absolute Gasteiger partial charge is 0.339 e. The Morgan fingerprint density at radius 1 is 0.907 bits per heavy atom. The van der Waals surface area contributed by atoms with Crippen LogP contribution in [0.5, 0.6) is 0 Å². The highest BCUT2D eigenvalue weighted by atomic mass is 16.2. The molecule has 1 aliphatic heterocycles. The fraction of sp³-hybridized carbons (Fsp3) is 0.333. The topological polar surface area (TPSA) is 122 Å². The zero-order chi connectivity index (χ0) is 30.7. The lowest BCUT2D eigenvalue weighted by Crippen LogP contribution is -2.35. The normalized spacial score (nSPS) is 13.5. The predicted molar refractivity (Wildman–Crippen MR) is 168 cm³/mol. The van der Waals surface area contributed by atoms with Crippen LogP contribution in [-0.4, -0.2) is 49.6 Å². The summed E-state index contributed by atoms with van der Waals surface area (Å²) in [4.78, 5) is 45.3. The molecule has 2 N–H and O–H groups in total. The van der Waals surface area contributed by atoms with Gasteiger partial charge in [-0.3, -0.25) is 14.4 Å². The van der Waals surface area contributed by atoms with E-state index in [1.165, 1.54) is 4.57 Å². The summed E-state index contributed by atoms with van der Waals surface area (Å²) in [6.45, 7) is 9.57. The summed E-state index contributed by atoms with van der Waals surface area (Å²) in [7, 11) is 1.67. The Labute approximate surface area is 251 Å².